The Bertz CT molecular complexity index is 1420. The van der Waals surface area contributed by atoms with Gasteiger partial charge in [-0.05, 0) is 51.7 Å². The molecule has 35 heavy (non-hydrogen) atoms. The van der Waals surface area contributed by atoms with Crippen LogP contribution in [0.25, 0.3) is 22.4 Å². The summed E-state index contributed by atoms with van der Waals surface area (Å²) in [5.41, 5.74) is 4.42. The van der Waals surface area contributed by atoms with Gasteiger partial charge < -0.3 is 9.47 Å². The number of halogens is 1. The van der Waals surface area contributed by atoms with E-state index in [0.717, 1.165) is 29.8 Å². The molecule has 0 radical (unpaired) electrons. The maximum atomic E-state index is 15.1. The number of fused-ring (bicyclic) bond motifs is 1. The third-order valence-corrected chi connectivity index (χ3v) is 6.95. The number of methoxy groups -OCH3 is 1. The van der Waals surface area contributed by atoms with Crippen LogP contribution < -0.4 is 4.74 Å². The van der Waals surface area contributed by atoms with Gasteiger partial charge in [-0.25, -0.2) is 24.3 Å². The zero-order chi connectivity index (χ0) is 24.1. The number of nitrogens with zero attached hydrogens (tertiary/aromatic N) is 6. The normalized spacial score (nSPS) is 20.3. The Morgan fingerprint density at radius 2 is 1.89 bits per heavy atom. The SMILES string of the molecule is COc1ccc(-c2nc([C@H]3CCO[C@@H](c4cnn(C5CC5)c4)C3)nc3nc(C)c(C)nc23)c(F)c1. The second kappa shape index (κ2) is 8.64. The van der Waals surface area contributed by atoms with Crippen molar-refractivity contribution in [3.8, 4) is 17.0 Å². The highest BCUT2D eigenvalue weighted by atomic mass is 19.1. The summed E-state index contributed by atoms with van der Waals surface area (Å²) in [5.74, 6) is 0.712. The van der Waals surface area contributed by atoms with Crippen molar-refractivity contribution < 1.29 is 13.9 Å². The summed E-state index contributed by atoms with van der Waals surface area (Å²) in [7, 11) is 1.51. The molecule has 1 aliphatic carbocycles. The maximum absolute atomic E-state index is 15.1. The summed E-state index contributed by atoms with van der Waals surface area (Å²) in [6.07, 6.45) is 7.80. The summed E-state index contributed by atoms with van der Waals surface area (Å²) < 4.78 is 28.5. The van der Waals surface area contributed by atoms with Crippen molar-refractivity contribution in [1.29, 1.82) is 0 Å². The van der Waals surface area contributed by atoms with E-state index in [0.29, 0.717) is 46.6 Å². The van der Waals surface area contributed by atoms with Gasteiger partial charge >= 0.3 is 0 Å². The quantitative estimate of drug-likeness (QED) is 0.401. The van der Waals surface area contributed by atoms with Gasteiger partial charge in [-0.2, -0.15) is 5.10 Å². The number of aromatic nitrogens is 6. The number of aryl methyl sites for hydroxylation is 2. The summed E-state index contributed by atoms with van der Waals surface area (Å²) in [4.78, 5) is 19.1. The van der Waals surface area contributed by atoms with Crippen molar-refractivity contribution in [2.24, 2.45) is 0 Å². The zero-order valence-corrected chi connectivity index (χ0v) is 20.0. The topological polar surface area (TPSA) is 87.8 Å². The minimum absolute atomic E-state index is 0.0471. The summed E-state index contributed by atoms with van der Waals surface area (Å²) in [6.45, 7) is 4.38. The van der Waals surface area contributed by atoms with E-state index in [1.54, 1.807) is 12.1 Å². The number of hydrogen-bond donors (Lipinski definition) is 0. The van der Waals surface area contributed by atoms with E-state index in [1.165, 1.54) is 26.0 Å². The van der Waals surface area contributed by atoms with Crippen LogP contribution in [0.5, 0.6) is 5.75 Å². The van der Waals surface area contributed by atoms with Gasteiger partial charge in [-0.15, -0.1) is 0 Å². The Morgan fingerprint density at radius 3 is 2.66 bits per heavy atom. The van der Waals surface area contributed by atoms with E-state index >= 15 is 4.39 Å². The molecule has 4 aromatic rings. The predicted molar refractivity (Wildman–Crippen MR) is 128 cm³/mol. The molecule has 2 fully saturated rings. The van der Waals surface area contributed by atoms with Crippen LogP contribution in [0.4, 0.5) is 4.39 Å². The monoisotopic (exact) mass is 474 g/mol. The van der Waals surface area contributed by atoms with Gasteiger partial charge in [0.05, 0.1) is 36.8 Å². The van der Waals surface area contributed by atoms with Crippen LogP contribution in [0.15, 0.2) is 30.6 Å². The first-order chi connectivity index (χ1) is 17.0. The largest absolute Gasteiger partial charge is 0.497 e. The van der Waals surface area contributed by atoms with Crippen molar-refractivity contribution in [3.05, 3.63) is 59.2 Å². The van der Waals surface area contributed by atoms with Crippen LogP contribution in [0.1, 0.15) is 66.5 Å². The lowest BCUT2D eigenvalue weighted by molar-refractivity contribution is 0.00396. The van der Waals surface area contributed by atoms with Crippen LogP contribution in [0.3, 0.4) is 0 Å². The Kier molecular flexibility index (Phi) is 5.44. The minimum atomic E-state index is -0.423. The lowest BCUT2D eigenvalue weighted by Crippen LogP contribution is -2.20. The molecule has 1 aromatic carbocycles. The molecule has 0 bridgehead atoms. The fraction of sp³-hybridized carbons (Fsp3) is 0.423. The van der Waals surface area contributed by atoms with Gasteiger partial charge in [0.25, 0.3) is 0 Å². The summed E-state index contributed by atoms with van der Waals surface area (Å²) in [5, 5.41) is 4.52. The Balaban J connectivity index is 1.41. The minimum Gasteiger partial charge on any atom is -0.497 e. The van der Waals surface area contributed by atoms with Crippen LogP contribution in [-0.4, -0.2) is 43.4 Å². The van der Waals surface area contributed by atoms with Crippen LogP contribution in [-0.2, 0) is 4.74 Å². The fourth-order valence-corrected chi connectivity index (χ4v) is 4.64. The van der Waals surface area contributed by atoms with Crippen LogP contribution >= 0.6 is 0 Å². The first-order valence-electron chi connectivity index (χ1n) is 12.0. The molecule has 3 aromatic heterocycles. The highest BCUT2D eigenvalue weighted by Gasteiger charge is 2.31. The molecule has 1 saturated heterocycles. The standard InChI is InChI=1S/C26H27FN6O2/c1-14-15(2)30-26-24(29-14)23(20-7-6-19(34-3)11-21(20)27)31-25(32-26)16-8-9-35-22(10-16)17-12-28-33(13-17)18-4-5-18/h6-7,11-13,16,18,22H,4-5,8-10H2,1-3H3/t16-,22+/m0/s1. The van der Waals surface area contributed by atoms with Crippen molar-refractivity contribution in [2.45, 2.75) is 57.6 Å². The number of hydrogen-bond acceptors (Lipinski definition) is 7. The van der Waals surface area contributed by atoms with Gasteiger partial charge in [-0.1, -0.05) is 0 Å². The molecule has 0 N–H and O–H groups in total. The summed E-state index contributed by atoms with van der Waals surface area (Å²) in [6, 6.07) is 5.29. The van der Waals surface area contributed by atoms with E-state index in [4.69, 9.17) is 19.4 Å². The smallest absolute Gasteiger partial charge is 0.182 e. The molecule has 1 aliphatic heterocycles. The van der Waals surface area contributed by atoms with Gasteiger partial charge in [0.2, 0.25) is 0 Å². The fourth-order valence-electron chi connectivity index (χ4n) is 4.64. The average Bonchev–Trinajstić information content (AvgIpc) is 3.60. The Hall–Kier alpha value is -3.46. The number of ether oxygens (including phenoxy) is 2. The number of benzene rings is 1. The van der Waals surface area contributed by atoms with Crippen LogP contribution in [0.2, 0.25) is 0 Å². The van der Waals surface area contributed by atoms with E-state index in [9.17, 15) is 0 Å². The molecule has 6 rings (SSSR count). The molecule has 2 aliphatic rings. The second-order valence-corrected chi connectivity index (χ2v) is 9.41. The van der Waals surface area contributed by atoms with Gasteiger partial charge in [-0.3, -0.25) is 4.68 Å². The van der Waals surface area contributed by atoms with Gasteiger partial charge in [0.15, 0.2) is 5.65 Å². The number of rotatable bonds is 5. The van der Waals surface area contributed by atoms with E-state index in [1.807, 2.05) is 24.7 Å². The van der Waals surface area contributed by atoms with Crippen molar-refractivity contribution in [3.63, 3.8) is 0 Å². The average molecular weight is 475 g/mol. The maximum Gasteiger partial charge on any atom is 0.182 e. The molecule has 9 heteroatoms. The van der Waals surface area contributed by atoms with Crippen LogP contribution in [0, 0.1) is 19.7 Å². The molecule has 2 atom stereocenters. The lowest BCUT2D eigenvalue weighted by Gasteiger charge is -2.28. The Labute approximate surface area is 202 Å². The molecule has 1 saturated carbocycles. The first-order valence-corrected chi connectivity index (χ1v) is 12.0. The highest BCUT2D eigenvalue weighted by Crippen LogP contribution is 2.40. The predicted octanol–water partition coefficient (Wildman–Crippen LogP) is 5.02. The van der Waals surface area contributed by atoms with Crippen molar-refractivity contribution in [2.75, 3.05) is 13.7 Å². The van der Waals surface area contributed by atoms with Gasteiger partial charge in [0.1, 0.15) is 28.6 Å². The summed E-state index contributed by atoms with van der Waals surface area (Å²) >= 11 is 0. The Morgan fingerprint density at radius 1 is 1.06 bits per heavy atom. The molecule has 0 unspecified atom stereocenters. The van der Waals surface area contributed by atoms with E-state index in [2.05, 4.69) is 21.3 Å². The third-order valence-electron chi connectivity index (χ3n) is 6.95. The first kappa shape index (κ1) is 22.0. The molecule has 0 spiro atoms. The molecule has 4 heterocycles. The second-order valence-electron chi connectivity index (χ2n) is 9.41. The van der Waals surface area contributed by atoms with Crippen molar-refractivity contribution >= 4 is 11.2 Å². The third kappa shape index (κ3) is 4.14. The molecular weight excluding hydrogens is 447 g/mol. The lowest BCUT2D eigenvalue weighted by atomic mass is 9.92. The van der Waals surface area contributed by atoms with Crippen molar-refractivity contribution in [1.82, 2.24) is 29.7 Å². The molecule has 8 nitrogen and oxygen atoms in total. The van der Waals surface area contributed by atoms with E-state index in [-0.39, 0.29) is 12.0 Å². The highest BCUT2D eigenvalue weighted by molar-refractivity contribution is 5.87. The molecule has 180 valence electrons. The van der Waals surface area contributed by atoms with Gasteiger partial charge in [0, 0.05) is 35.9 Å². The molecular formula is C26H27FN6O2. The van der Waals surface area contributed by atoms with E-state index < -0.39 is 5.82 Å². The zero-order valence-electron chi connectivity index (χ0n) is 20.0. The molecule has 0 amide bonds.